The van der Waals surface area contributed by atoms with Gasteiger partial charge in [0.15, 0.2) is 5.90 Å². The molecule has 0 aliphatic carbocycles. The molecular formula is C8H13NO. The first-order valence-electron chi connectivity index (χ1n) is 3.65. The summed E-state index contributed by atoms with van der Waals surface area (Å²) in [6, 6.07) is 0.295. The Hall–Kier alpha value is -0.790. The van der Waals surface area contributed by atoms with Gasteiger partial charge in [-0.25, -0.2) is 4.99 Å². The number of ether oxygens (including phenoxy) is 1. The van der Waals surface area contributed by atoms with E-state index in [9.17, 15) is 0 Å². The minimum absolute atomic E-state index is 0.295. The summed E-state index contributed by atoms with van der Waals surface area (Å²) < 4.78 is 5.32. The van der Waals surface area contributed by atoms with Crippen molar-refractivity contribution in [2.45, 2.75) is 33.2 Å². The summed E-state index contributed by atoms with van der Waals surface area (Å²) in [4.78, 5) is 4.20. The van der Waals surface area contributed by atoms with Crippen molar-refractivity contribution in [2.24, 2.45) is 4.99 Å². The van der Waals surface area contributed by atoms with Crippen LogP contribution in [0.1, 0.15) is 27.2 Å². The van der Waals surface area contributed by atoms with Crippen LogP contribution in [-0.2, 0) is 4.74 Å². The lowest BCUT2D eigenvalue weighted by Crippen LogP contribution is -2.11. The van der Waals surface area contributed by atoms with Crippen LogP contribution in [0.5, 0.6) is 0 Å². The molecule has 1 aliphatic rings. The molecule has 0 aromatic rings. The van der Waals surface area contributed by atoms with E-state index < -0.39 is 0 Å². The smallest absolute Gasteiger partial charge is 0.187 e. The third-order valence-corrected chi connectivity index (χ3v) is 1.44. The summed E-state index contributed by atoms with van der Waals surface area (Å²) in [5, 5.41) is 0. The lowest BCUT2D eigenvalue weighted by Gasteiger charge is -2.15. The number of rotatable bonds is 1. The van der Waals surface area contributed by atoms with Crippen molar-refractivity contribution in [1.29, 1.82) is 0 Å². The van der Waals surface area contributed by atoms with E-state index in [4.69, 9.17) is 4.74 Å². The van der Waals surface area contributed by atoms with Gasteiger partial charge in [-0.3, -0.25) is 0 Å². The van der Waals surface area contributed by atoms with Crippen LogP contribution in [-0.4, -0.2) is 11.9 Å². The molecule has 10 heavy (non-hydrogen) atoms. The number of allylic oxidation sites excluding steroid dienone is 1. The zero-order valence-corrected chi connectivity index (χ0v) is 6.72. The minimum atomic E-state index is 0.295. The Morgan fingerprint density at radius 2 is 2.40 bits per heavy atom. The van der Waals surface area contributed by atoms with Crippen LogP contribution in [0, 0.1) is 0 Å². The van der Waals surface area contributed by atoms with E-state index in [1.807, 2.05) is 13.0 Å². The Kier molecular flexibility index (Phi) is 2.10. The van der Waals surface area contributed by atoms with E-state index in [1.165, 1.54) is 0 Å². The molecule has 0 spiro atoms. The molecule has 0 aromatic carbocycles. The van der Waals surface area contributed by atoms with Gasteiger partial charge in [-0.1, -0.05) is 6.92 Å². The SMILES string of the molecule is CCC1=CC(C)N=C(C)O1. The molecule has 0 N–H and O–H groups in total. The van der Waals surface area contributed by atoms with Gasteiger partial charge in [0, 0.05) is 13.3 Å². The number of aliphatic imine (C=N–C) groups is 1. The molecule has 2 heteroatoms. The molecule has 0 aromatic heterocycles. The average molecular weight is 139 g/mol. The quantitative estimate of drug-likeness (QED) is 0.545. The molecule has 1 aliphatic heterocycles. The van der Waals surface area contributed by atoms with Gasteiger partial charge in [0.1, 0.15) is 5.76 Å². The van der Waals surface area contributed by atoms with Crippen LogP contribution in [0.4, 0.5) is 0 Å². The predicted octanol–water partition coefficient (Wildman–Crippen LogP) is 2.12. The number of hydrogen-bond donors (Lipinski definition) is 0. The molecule has 0 bridgehead atoms. The van der Waals surface area contributed by atoms with Crippen LogP contribution in [0.3, 0.4) is 0 Å². The summed E-state index contributed by atoms with van der Waals surface area (Å²) in [5.74, 6) is 1.83. The van der Waals surface area contributed by atoms with Crippen molar-refractivity contribution in [2.75, 3.05) is 0 Å². The Morgan fingerprint density at radius 3 is 2.90 bits per heavy atom. The molecule has 1 atom stereocenters. The van der Waals surface area contributed by atoms with Crippen LogP contribution in [0.2, 0.25) is 0 Å². The molecule has 2 nitrogen and oxygen atoms in total. The molecule has 1 rings (SSSR count). The Balaban J connectivity index is 2.65. The zero-order chi connectivity index (χ0) is 7.56. The van der Waals surface area contributed by atoms with E-state index in [-0.39, 0.29) is 0 Å². The minimum Gasteiger partial charge on any atom is -0.448 e. The molecule has 0 fully saturated rings. The number of nitrogens with zero attached hydrogens (tertiary/aromatic N) is 1. The highest BCUT2D eigenvalue weighted by atomic mass is 16.5. The van der Waals surface area contributed by atoms with E-state index in [0.717, 1.165) is 18.1 Å². The Morgan fingerprint density at radius 1 is 1.70 bits per heavy atom. The molecule has 0 amide bonds. The monoisotopic (exact) mass is 139 g/mol. The van der Waals surface area contributed by atoms with Crippen molar-refractivity contribution >= 4 is 5.90 Å². The van der Waals surface area contributed by atoms with Crippen molar-refractivity contribution in [3.05, 3.63) is 11.8 Å². The second kappa shape index (κ2) is 2.86. The molecule has 56 valence electrons. The Bertz CT molecular complexity index is 182. The van der Waals surface area contributed by atoms with E-state index in [1.54, 1.807) is 0 Å². The standard InChI is InChI=1S/C8H13NO/c1-4-8-5-6(2)9-7(3)10-8/h5-6H,4H2,1-3H3. The first-order chi connectivity index (χ1) is 4.72. The second-order valence-electron chi connectivity index (χ2n) is 2.48. The summed E-state index contributed by atoms with van der Waals surface area (Å²) in [6.45, 7) is 6.03. The van der Waals surface area contributed by atoms with Crippen molar-refractivity contribution in [3.63, 3.8) is 0 Å². The summed E-state index contributed by atoms with van der Waals surface area (Å²) in [7, 11) is 0. The average Bonchev–Trinajstić information content (AvgIpc) is 1.85. The van der Waals surface area contributed by atoms with Crippen molar-refractivity contribution < 1.29 is 4.74 Å². The maximum atomic E-state index is 5.32. The van der Waals surface area contributed by atoms with Crippen LogP contribution >= 0.6 is 0 Å². The lowest BCUT2D eigenvalue weighted by atomic mass is 10.2. The number of hydrogen-bond acceptors (Lipinski definition) is 2. The van der Waals surface area contributed by atoms with E-state index >= 15 is 0 Å². The normalized spacial score (nSPS) is 24.9. The highest BCUT2D eigenvalue weighted by molar-refractivity contribution is 5.75. The second-order valence-corrected chi connectivity index (χ2v) is 2.48. The molecule has 0 radical (unpaired) electrons. The molecular weight excluding hydrogens is 126 g/mol. The van der Waals surface area contributed by atoms with E-state index in [2.05, 4.69) is 18.8 Å². The summed E-state index contributed by atoms with van der Waals surface area (Å²) in [5.41, 5.74) is 0. The van der Waals surface area contributed by atoms with Gasteiger partial charge in [-0.15, -0.1) is 0 Å². The van der Waals surface area contributed by atoms with Gasteiger partial charge in [0.25, 0.3) is 0 Å². The van der Waals surface area contributed by atoms with Gasteiger partial charge >= 0.3 is 0 Å². The van der Waals surface area contributed by atoms with Gasteiger partial charge in [0.2, 0.25) is 0 Å². The first kappa shape index (κ1) is 7.32. The molecule has 0 saturated carbocycles. The van der Waals surface area contributed by atoms with E-state index in [0.29, 0.717) is 6.04 Å². The van der Waals surface area contributed by atoms with Crippen LogP contribution in [0.15, 0.2) is 16.8 Å². The van der Waals surface area contributed by atoms with Gasteiger partial charge in [0.05, 0.1) is 6.04 Å². The highest BCUT2D eigenvalue weighted by Gasteiger charge is 2.07. The Labute approximate surface area is 61.6 Å². The maximum Gasteiger partial charge on any atom is 0.187 e. The summed E-state index contributed by atoms with van der Waals surface area (Å²) in [6.07, 6.45) is 3.00. The fraction of sp³-hybridized carbons (Fsp3) is 0.625. The van der Waals surface area contributed by atoms with Gasteiger partial charge < -0.3 is 4.74 Å². The fourth-order valence-corrected chi connectivity index (χ4v) is 1.03. The first-order valence-corrected chi connectivity index (χ1v) is 3.65. The van der Waals surface area contributed by atoms with Crippen molar-refractivity contribution in [3.8, 4) is 0 Å². The van der Waals surface area contributed by atoms with Crippen LogP contribution in [0.25, 0.3) is 0 Å². The van der Waals surface area contributed by atoms with Crippen molar-refractivity contribution in [1.82, 2.24) is 0 Å². The topological polar surface area (TPSA) is 21.6 Å². The molecule has 1 heterocycles. The van der Waals surface area contributed by atoms with Crippen LogP contribution < -0.4 is 0 Å². The molecule has 0 saturated heterocycles. The zero-order valence-electron chi connectivity index (χ0n) is 6.72. The maximum absolute atomic E-state index is 5.32. The largest absolute Gasteiger partial charge is 0.448 e. The third kappa shape index (κ3) is 1.59. The van der Waals surface area contributed by atoms with Gasteiger partial charge in [-0.2, -0.15) is 0 Å². The highest BCUT2D eigenvalue weighted by Crippen LogP contribution is 2.12. The lowest BCUT2D eigenvalue weighted by molar-refractivity contribution is 0.377. The molecule has 1 unspecified atom stereocenters. The third-order valence-electron chi connectivity index (χ3n) is 1.44. The van der Waals surface area contributed by atoms with Gasteiger partial charge in [-0.05, 0) is 13.0 Å². The fourth-order valence-electron chi connectivity index (χ4n) is 1.03. The summed E-state index contributed by atoms with van der Waals surface area (Å²) >= 11 is 0. The predicted molar refractivity (Wildman–Crippen MR) is 42.0 cm³/mol.